The number of nitrogens with zero attached hydrogens (tertiary/aromatic N) is 2. The summed E-state index contributed by atoms with van der Waals surface area (Å²) in [6.07, 6.45) is -2.95. The highest BCUT2D eigenvalue weighted by atomic mass is 35.5. The fourth-order valence-electron chi connectivity index (χ4n) is 2.79. The Morgan fingerprint density at radius 2 is 1.95 bits per heavy atom. The zero-order valence-corrected chi connectivity index (χ0v) is 13.0. The van der Waals surface area contributed by atoms with E-state index in [0.29, 0.717) is 42.9 Å². The van der Waals surface area contributed by atoms with Crippen LogP contribution in [0, 0.1) is 5.92 Å². The van der Waals surface area contributed by atoms with Gasteiger partial charge in [0, 0.05) is 6.04 Å². The lowest BCUT2D eigenvalue weighted by molar-refractivity contribution is -0.222. The van der Waals surface area contributed by atoms with Gasteiger partial charge >= 0.3 is 6.18 Å². The second-order valence-corrected chi connectivity index (χ2v) is 5.96. The Morgan fingerprint density at radius 3 is 2.50 bits per heavy atom. The molecule has 1 aromatic heterocycles. The lowest BCUT2D eigenvalue weighted by atomic mass is 9.82. The van der Waals surface area contributed by atoms with Gasteiger partial charge in [-0.2, -0.15) is 13.2 Å². The predicted molar refractivity (Wildman–Crippen MR) is 77.9 cm³/mol. The average Bonchev–Trinajstić information content (AvgIpc) is 2.48. The van der Waals surface area contributed by atoms with Gasteiger partial charge in [0.05, 0.1) is 5.69 Å². The van der Waals surface area contributed by atoms with Crippen LogP contribution in [-0.4, -0.2) is 33.4 Å². The fourth-order valence-corrected chi connectivity index (χ4v) is 3.08. The molecular weight excluding hydrogens is 319 g/mol. The van der Waals surface area contributed by atoms with E-state index in [-0.39, 0.29) is 6.04 Å². The minimum atomic E-state index is -4.54. The van der Waals surface area contributed by atoms with Crippen molar-refractivity contribution >= 4 is 17.4 Å². The minimum Gasteiger partial charge on any atom is -0.383 e. The topological polar surface area (TPSA) is 58.0 Å². The van der Waals surface area contributed by atoms with Gasteiger partial charge in [-0.05, 0) is 38.0 Å². The third kappa shape index (κ3) is 4.01. The smallest absolute Gasteiger partial charge is 0.383 e. The maximum absolute atomic E-state index is 12.5. The van der Waals surface area contributed by atoms with Crippen molar-refractivity contribution in [2.45, 2.75) is 57.3 Å². The number of anilines is 1. The molecule has 22 heavy (non-hydrogen) atoms. The monoisotopic (exact) mass is 337 g/mol. The van der Waals surface area contributed by atoms with Crippen LogP contribution in [0.25, 0.3) is 0 Å². The Morgan fingerprint density at radius 1 is 1.32 bits per heavy atom. The third-order valence-corrected chi connectivity index (χ3v) is 4.49. The van der Waals surface area contributed by atoms with Crippen molar-refractivity contribution in [3.63, 3.8) is 0 Å². The Bertz CT molecular complexity index is 505. The molecule has 1 aliphatic rings. The van der Waals surface area contributed by atoms with Gasteiger partial charge in [-0.15, -0.1) is 0 Å². The van der Waals surface area contributed by atoms with Crippen LogP contribution in [0.1, 0.15) is 38.3 Å². The number of halogens is 4. The Hall–Kier alpha value is -1.08. The molecule has 1 heterocycles. The molecule has 0 aliphatic heterocycles. The lowest BCUT2D eigenvalue weighted by Gasteiger charge is -2.32. The van der Waals surface area contributed by atoms with E-state index in [2.05, 4.69) is 15.3 Å². The summed E-state index contributed by atoms with van der Waals surface area (Å²) in [7, 11) is 0. The van der Waals surface area contributed by atoms with Gasteiger partial charge in [-0.1, -0.05) is 18.5 Å². The molecule has 1 aliphatic carbocycles. The standard InChI is InChI=1S/C14H19ClF3N3O/c1-2-10-11(15)13(20-7-19-10)21-9-5-3-8(4-6-9)12(22)14(16,17)18/h7-9,12,22H,2-6H2,1H3,(H,19,20,21)/t8-,9+,12?. The van der Waals surface area contributed by atoms with Crippen molar-refractivity contribution in [1.82, 2.24) is 9.97 Å². The second-order valence-electron chi connectivity index (χ2n) is 5.58. The summed E-state index contributed by atoms with van der Waals surface area (Å²) in [5.74, 6) is -0.210. The molecule has 0 amide bonds. The third-order valence-electron chi connectivity index (χ3n) is 4.09. The zero-order valence-electron chi connectivity index (χ0n) is 12.2. The largest absolute Gasteiger partial charge is 0.414 e. The summed E-state index contributed by atoms with van der Waals surface area (Å²) >= 11 is 6.19. The SMILES string of the molecule is CCc1ncnc(N[C@H]2CC[C@@H](C(O)C(F)(F)F)CC2)c1Cl. The zero-order chi connectivity index (χ0) is 16.3. The number of nitrogens with one attached hydrogen (secondary N) is 1. The van der Waals surface area contributed by atoms with Crippen LogP contribution in [0.4, 0.5) is 19.0 Å². The Balaban J connectivity index is 1.93. The van der Waals surface area contributed by atoms with E-state index in [1.807, 2.05) is 6.92 Å². The molecule has 2 N–H and O–H groups in total. The molecule has 0 bridgehead atoms. The molecule has 1 aromatic rings. The van der Waals surface area contributed by atoms with Crippen molar-refractivity contribution in [2.75, 3.05) is 5.32 Å². The minimum absolute atomic E-state index is 0.00814. The molecule has 2 rings (SSSR count). The number of aliphatic hydroxyl groups excluding tert-OH is 1. The van der Waals surface area contributed by atoms with Crippen LogP contribution in [0.2, 0.25) is 5.02 Å². The summed E-state index contributed by atoms with van der Waals surface area (Å²) < 4.78 is 37.5. The van der Waals surface area contributed by atoms with Crippen LogP contribution in [0.5, 0.6) is 0 Å². The van der Waals surface area contributed by atoms with Crippen LogP contribution < -0.4 is 5.32 Å². The molecule has 1 fully saturated rings. The van der Waals surface area contributed by atoms with Crippen molar-refractivity contribution < 1.29 is 18.3 Å². The van der Waals surface area contributed by atoms with E-state index >= 15 is 0 Å². The first kappa shape index (κ1) is 17.3. The summed E-state index contributed by atoms with van der Waals surface area (Å²) in [6.45, 7) is 1.93. The highest BCUT2D eigenvalue weighted by molar-refractivity contribution is 6.33. The molecule has 8 heteroatoms. The Kier molecular flexibility index (Phi) is 5.50. The van der Waals surface area contributed by atoms with E-state index < -0.39 is 18.2 Å². The van der Waals surface area contributed by atoms with Crippen molar-refractivity contribution in [2.24, 2.45) is 5.92 Å². The highest BCUT2D eigenvalue weighted by Gasteiger charge is 2.44. The van der Waals surface area contributed by atoms with E-state index in [9.17, 15) is 18.3 Å². The summed E-state index contributed by atoms with van der Waals surface area (Å²) in [4.78, 5) is 8.16. The van der Waals surface area contributed by atoms with E-state index in [1.54, 1.807) is 0 Å². The van der Waals surface area contributed by atoms with Crippen LogP contribution in [0.3, 0.4) is 0 Å². The molecular formula is C14H19ClF3N3O. The van der Waals surface area contributed by atoms with Crippen LogP contribution in [-0.2, 0) is 6.42 Å². The molecule has 1 atom stereocenters. The number of hydrogen-bond donors (Lipinski definition) is 2. The maximum atomic E-state index is 12.5. The van der Waals surface area contributed by atoms with Crippen LogP contribution in [0.15, 0.2) is 6.33 Å². The fraction of sp³-hybridized carbons (Fsp3) is 0.714. The summed E-state index contributed by atoms with van der Waals surface area (Å²) in [5, 5.41) is 12.9. The number of aliphatic hydroxyl groups is 1. The normalized spacial score (nSPS) is 24.1. The molecule has 0 spiro atoms. The molecule has 124 valence electrons. The number of aryl methyl sites for hydroxylation is 1. The van der Waals surface area contributed by atoms with Crippen molar-refractivity contribution in [1.29, 1.82) is 0 Å². The number of alkyl halides is 3. The number of rotatable bonds is 4. The molecule has 0 aromatic carbocycles. The molecule has 4 nitrogen and oxygen atoms in total. The molecule has 1 unspecified atom stereocenters. The average molecular weight is 338 g/mol. The van der Waals surface area contributed by atoms with E-state index in [4.69, 9.17) is 11.6 Å². The van der Waals surface area contributed by atoms with E-state index in [0.717, 1.165) is 5.69 Å². The first-order valence-electron chi connectivity index (χ1n) is 7.33. The van der Waals surface area contributed by atoms with Gasteiger partial charge in [0.1, 0.15) is 17.2 Å². The number of hydrogen-bond acceptors (Lipinski definition) is 4. The van der Waals surface area contributed by atoms with Crippen LogP contribution >= 0.6 is 11.6 Å². The van der Waals surface area contributed by atoms with Gasteiger partial charge in [0.2, 0.25) is 0 Å². The first-order chi connectivity index (χ1) is 10.3. The van der Waals surface area contributed by atoms with Crippen molar-refractivity contribution in [3.05, 3.63) is 17.0 Å². The van der Waals surface area contributed by atoms with Gasteiger partial charge in [0.25, 0.3) is 0 Å². The van der Waals surface area contributed by atoms with Gasteiger partial charge in [0.15, 0.2) is 6.10 Å². The first-order valence-corrected chi connectivity index (χ1v) is 7.71. The Labute approximate surface area is 132 Å². The van der Waals surface area contributed by atoms with Gasteiger partial charge in [-0.3, -0.25) is 0 Å². The highest BCUT2D eigenvalue weighted by Crippen LogP contribution is 2.36. The van der Waals surface area contributed by atoms with E-state index in [1.165, 1.54) is 6.33 Å². The second kappa shape index (κ2) is 7.00. The number of aromatic nitrogens is 2. The van der Waals surface area contributed by atoms with Gasteiger partial charge < -0.3 is 10.4 Å². The predicted octanol–water partition coefficient (Wildman–Crippen LogP) is 3.59. The van der Waals surface area contributed by atoms with Gasteiger partial charge in [-0.25, -0.2) is 9.97 Å². The molecule has 0 radical (unpaired) electrons. The molecule has 1 saturated carbocycles. The van der Waals surface area contributed by atoms with Crippen molar-refractivity contribution in [3.8, 4) is 0 Å². The summed E-state index contributed by atoms with van der Waals surface area (Å²) in [6, 6.07) is 0.00814. The lowest BCUT2D eigenvalue weighted by Crippen LogP contribution is -2.39. The summed E-state index contributed by atoms with van der Waals surface area (Å²) in [5.41, 5.74) is 0.736. The quantitative estimate of drug-likeness (QED) is 0.881. The maximum Gasteiger partial charge on any atom is 0.414 e. The molecule has 0 saturated heterocycles.